The third kappa shape index (κ3) is 7.30. The molecule has 0 heteroatoms. The van der Waals surface area contributed by atoms with Crippen LogP contribution >= 0.6 is 0 Å². The minimum absolute atomic E-state index is 1.01. The van der Waals surface area contributed by atoms with Crippen LogP contribution in [0.4, 0.5) is 0 Å². The van der Waals surface area contributed by atoms with Gasteiger partial charge in [0.15, 0.2) is 0 Å². The van der Waals surface area contributed by atoms with Crippen molar-refractivity contribution in [3.05, 3.63) is 0 Å². The Labute approximate surface area is 103 Å². The Bertz CT molecular complexity index is 115. The van der Waals surface area contributed by atoms with Crippen molar-refractivity contribution < 1.29 is 0 Å². The van der Waals surface area contributed by atoms with Gasteiger partial charge in [-0.05, 0) is 11.8 Å². The molecule has 2 aliphatic rings. The van der Waals surface area contributed by atoms with Crippen LogP contribution in [0.1, 0.15) is 90.9 Å². The van der Waals surface area contributed by atoms with Crippen LogP contribution < -0.4 is 0 Å². The van der Waals surface area contributed by atoms with Gasteiger partial charge in [-0.15, -0.1) is 0 Å². The van der Waals surface area contributed by atoms with E-state index < -0.39 is 0 Å². The van der Waals surface area contributed by atoms with Gasteiger partial charge in [0.25, 0.3) is 0 Å². The maximum atomic E-state index is 2.40. The predicted octanol–water partition coefficient (Wildman–Crippen LogP) is 5.95. The monoisotopic (exact) mass is 224 g/mol. The molecular formula is C16H32. The molecule has 96 valence electrons. The molecule has 0 bridgehead atoms. The van der Waals surface area contributed by atoms with E-state index in [0.717, 1.165) is 11.8 Å². The largest absolute Gasteiger partial charge is 0.0625 e. The standard InChI is InChI=1S/C10H20.C6H12/c1-9-5-3-7-10(2)8-4-6-9;1-2-4-6-5-3-1/h9-10H,3-8H2,1-2H3;1-6H2. The van der Waals surface area contributed by atoms with Crippen molar-refractivity contribution in [3.8, 4) is 0 Å². The summed E-state index contributed by atoms with van der Waals surface area (Å²) in [6, 6.07) is 0. The van der Waals surface area contributed by atoms with Crippen LogP contribution in [-0.4, -0.2) is 0 Å². The summed E-state index contributed by atoms with van der Waals surface area (Å²) in [5.74, 6) is 2.01. The summed E-state index contributed by atoms with van der Waals surface area (Å²) >= 11 is 0. The zero-order valence-electron chi connectivity index (χ0n) is 11.6. The Kier molecular flexibility index (Phi) is 7.98. The summed E-state index contributed by atoms with van der Waals surface area (Å²) < 4.78 is 0. The second-order valence-electron chi connectivity index (χ2n) is 6.19. The lowest BCUT2D eigenvalue weighted by atomic mass is 9.88. The van der Waals surface area contributed by atoms with Gasteiger partial charge in [-0.25, -0.2) is 0 Å². The summed E-state index contributed by atoms with van der Waals surface area (Å²) in [4.78, 5) is 0. The number of hydrogen-bond acceptors (Lipinski definition) is 0. The quantitative estimate of drug-likeness (QED) is 0.476. The minimum atomic E-state index is 1.01. The zero-order chi connectivity index (χ0) is 11.6. The van der Waals surface area contributed by atoms with Crippen molar-refractivity contribution in [3.63, 3.8) is 0 Å². The van der Waals surface area contributed by atoms with Crippen molar-refractivity contribution in [1.29, 1.82) is 0 Å². The smallest absolute Gasteiger partial charge is 0.0443 e. The molecule has 0 saturated heterocycles. The molecule has 2 saturated carbocycles. The number of rotatable bonds is 0. The molecule has 0 atom stereocenters. The Morgan fingerprint density at radius 1 is 0.438 bits per heavy atom. The fourth-order valence-corrected chi connectivity index (χ4v) is 2.98. The highest BCUT2D eigenvalue weighted by molar-refractivity contribution is 4.62. The first-order valence-electron chi connectivity index (χ1n) is 7.79. The molecule has 0 heterocycles. The van der Waals surface area contributed by atoms with Gasteiger partial charge in [0.1, 0.15) is 0 Å². The zero-order valence-corrected chi connectivity index (χ0v) is 11.6. The van der Waals surface area contributed by atoms with Crippen LogP contribution in [0, 0.1) is 11.8 Å². The molecule has 16 heavy (non-hydrogen) atoms. The molecule has 0 nitrogen and oxygen atoms in total. The van der Waals surface area contributed by atoms with Crippen LogP contribution in [0.25, 0.3) is 0 Å². The molecule has 0 aromatic carbocycles. The van der Waals surface area contributed by atoms with Crippen molar-refractivity contribution >= 4 is 0 Å². The Hall–Kier alpha value is 0. The summed E-state index contributed by atoms with van der Waals surface area (Å²) in [6.45, 7) is 4.80. The van der Waals surface area contributed by atoms with Gasteiger partial charge >= 0.3 is 0 Å². The van der Waals surface area contributed by atoms with E-state index in [-0.39, 0.29) is 0 Å². The topological polar surface area (TPSA) is 0 Å². The van der Waals surface area contributed by atoms with Crippen LogP contribution in [0.3, 0.4) is 0 Å². The first-order chi connectivity index (χ1) is 7.79. The van der Waals surface area contributed by atoms with Crippen LogP contribution in [0.15, 0.2) is 0 Å². The van der Waals surface area contributed by atoms with Gasteiger partial charge in [-0.1, -0.05) is 90.9 Å². The SMILES string of the molecule is C1CCCCC1.CC1CCCC(C)CCC1. The normalized spacial score (nSPS) is 31.9. The van der Waals surface area contributed by atoms with Crippen molar-refractivity contribution in [2.24, 2.45) is 11.8 Å². The molecule has 2 rings (SSSR count). The Balaban J connectivity index is 0.000000181. The third-order valence-corrected chi connectivity index (χ3v) is 4.29. The second kappa shape index (κ2) is 9.07. The molecule has 0 N–H and O–H groups in total. The van der Waals surface area contributed by atoms with Crippen LogP contribution in [0.2, 0.25) is 0 Å². The van der Waals surface area contributed by atoms with Crippen LogP contribution in [0.5, 0.6) is 0 Å². The summed E-state index contributed by atoms with van der Waals surface area (Å²) in [6.07, 6.45) is 17.9. The predicted molar refractivity (Wildman–Crippen MR) is 73.7 cm³/mol. The van der Waals surface area contributed by atoms with Gasteiger partial charge < -0.3 is 0 Å². The maximum Gasteiger partial charge on any atom is -0.0443 e. The Morgan fingerprint density at radius 3 is 0.938 bits per heavy atom. The highest BCUT2D eigenvalue weighted by Crippen LogP contribution is 2.24. The lowest BCUT2D eigenvalue weighted by Gasteiger charge is -2.18. The van der Waals surface area contributed by atoms with Crippen molar-refractivity contribution in [2.45, 2.75) is 90.9 Å². The second-order valence-corrected chi connectivity index (χ2v) is 6.19. The van der Waals surface area contributed by atoms with Gasteiger partial charge in [0.05, 0.1) is 0 Å². The molecule has 0 spiro atoms. The van der Waals surface area contributed by atoms with E-state index in [9.17, 15) is 0 Å². The van der Waals surface area contributed by atoms with E-state index in [1.54, 1.807) is 0 Å². The molecular weight excluding hydrogens is 192 g/mol. The highest BCUT2D eigenvalue weighted by atomic mass is 14.2. The van der Waals surface area contributed by atoms with E-state index in [1.165, 1.54) is 77.0 Å². The number of hydrogen-bond donors (Lipinski definition) is 0. The first-order valence-corrected chi connectivity index (χ1v) is 7.79. The summed E-state index contributed by atoms with van der Waals surface area (Å²) in [5, 5.41) is 0. The lowest BCUT2D eigenvalue weighted by molar-refractivity contribution is 0.346. The van der Waals surface area contributed by atoms with E-state index >= 15 is 0 Å². The average Bonchev–Trinajstić information content (AvgIpc) is 2.30. The molecule has 0 amide bonds. The maximum absolute atomic E-state index is 2.40. The van der Waals surface area contributed by atoms with Gasteiger partial charge in [0, 0.05) is 0 Å². The first kappa shape index (κ1) is 14.1. The highest BCUT2D eigenvalue weighted by Gasteiger charge is 2.09. The van der Waals surface area contributed by atoms with Gasteiger partial charge in [0.2, 0.25) is 0 Å². The molecule has 2 fully saturated rings. The molecule has 0 radical (unpaired) electrons. The molecule has 2 aliphatic carbocycles. The van der Waals surface area contributed by atoms with Gasteiger partial charge in [-0.3, -0.25) is 0 Å². The molecule has 0 aromatic heterocycles. The molecule has 0 aromatic rings. The fourth-order valence-electron chi connectivity index (χ4n) is 2.98. The van der Waals surface area contributed by atoms with Crippen LogP contribution in [-0.2, 0) is 0 Å². The summed E-state index contributed by atoms with van der Waals surface area (Å²) in [7, 11) is 0. The van der Waals surface area contributed by atoms with E-state index in [0.29, 0.717) is 0 Å². The van der Waals surface area contributed by atoms with Crippen molar-refractivity contribution in [1.82, 2.24) is 0 Å². The average molecular weight is 224 g/mol. The summed E-state index contributed by atoms with van der Waals surface area (Å²) in [5.41, 5.74) is 0. The minimum Gasteiger partial charge on any atom is -0.0625 e. The third-order valence-electron chi connectivity index (χ3n) is 4.29. The Morgan fingerprint density at radius 2 is 0.688 bits per heavy atom. The lowest BCUT2D eigenvalue weighted by Crippen LogP contribution is -2.04. The molecule has 0 aliphatic heterocycles. The van der Waals surface area contributed by atoms with Gasteiger partial charge in [-0.2, -0.15) is 0 Å². The van der Waals surface area contributed by atoms with E-state index in [4.69, 9.17) is 0 Å². The van der Waals surface area contributed by atoms with E-state index in [1.807, 2.05) is 0 Å². The molecule has 0 unspecified atom stereocenters. The fraction of sp³-hybridized carbons (Fsp3) is 1.00. The van der Waals surface area contributed by atoms with E-state index in [2.05, 4.69) is 13.8 Å². The van der Waals surface area contributed by atoms with Crippen molar-refractivity contribution in [2.75, 3.05) is 0 Å².